The van der Waals surface area contributed by atoms with Crippen LogP contribution >= 0.6 is 35.0 Å². The van der Waals surface area contributed by atoms with Crippen molar-refractivity contribution in [3.8, 4) is 11.1 Å². The lowest BCUT2D eigenvalue weighted by atomic mass is 10.1. The van der Waals surface area contributed by atoms with Gasteiger partial charge in [-0.1, -0.05) is 12.1 Å². The minimum absolute atomic E-state index is 0. The number of anilines is 2. The largest absolute Gasteiger partial charge is 0.383 e. The van der Waals surface area contributed by atoms with Crippen LogP contribution in [0.2, 0.25) is 0 Å². The van der Waals surface area contributed by atoms with Crippen molar-refractivity contribution in [1.82, 2.24) is 9.97 Å². The Morgan fingerprint density at radius 3 is 2.47 bits per heavy atom. The summed E-state index contributed by atoms with van der Waals surface area (Å²) in [4.78, 5) is 8.11. The number of rotatable bonds is 1. The molecular formula is C11H12ClIN4. The van der Waals surface area contributed by atoms with Gasteiger partial charge in [0.1, 0.15) is 5.82 Å². The molecule has 0 fully saturated rings. The standard InChI is InChI=1S/C11H11IN4.ClH/c1-6-9(10(13)16-11(14)15-6)7-3-2-4-8(12)5-7;/h2-5H,1H3,(H4,13,14,15,16);1H. The van der Waals surface area contributed by atoms with E-state index in [0.29, 0.717) is 5.82 Å². The number of halogens is 2. The molecule has 4 nitrogen and oxygen atoms in total. The summed E-state index contributed by atoms with van der Waals surface area (Å²) in [5, 5.41) is 0. The Kier molecular flexibility index (Phi) is 4.53. The van der Waals surface area contributed by atoms with E-state index in [2.05, 4.69) is 32.6 Å². The van der Waals surface area contributed by atoms with Gasteiger partial charge in [0.25, 0.3) is 0 Å². The number of nitrogens with zero attached hydrogens (tertiary/aromatic N) is 2. The highest BCUT2D eigenvalue weighted by Crippen LogP contribution is 2.28. The topological polar surface area (TPSA) is 77.8 Å². The molecule has 1 aromatic heterocycles. The quantitative estimate of drug-likeness (QED) is 0.765. The zero-order valence-electron chi connectivity index (χ0n) is 9.14. The van der Waals surface area contributed by atoms with E-state index in [9.17, 15) is 0 Å². The lowest BCUT2D eigenvalue weighted by Crippen LogP contribution is -2.04. The number of benzene rings is 1. The highest BCUT2D eigenvalue weighted by atomic mass is 127. The summed E-state index contributed by atoms with van der Waals surface area (Å²) in [6.07, 6.45) is 0. The maximum absolute atomic E-state index is 5.87. The molecule has 0 aliphatic rings. The smallest absolute Gasteiger partial charge is 0.222 e. The minimum Gasteiger partial charge on any atom is -0.383 e. The Bertz CT molecular complexity index is 522. The van der Waals surface area contributed by atoms with Crippen LogP contribution in [0.25, 0.3) is 11.1 Å². The molecule has 0 spiro atoms. The highest BCUT2D eigenvalue weighted by molar-refractivity contribution is 14.1. The van der Waals surface area contributed by atoms with Gasteiger partial charge in [-0.3, -0.25) is 0 Å². The van der Waals surface area contributed by atoms with E-state index in [1.54, 1.807) is 0 Å². The normalized spacial score (nSPS) is 9.76. The Hall–Kier alpha value is -1.08. The first-order valence-electron chi connectivity index (χ1n) is 4.73. The molecular weight excluding hydrogens is 351 g/mol. The Morgan fingerprint density at radius 1 is 1.18 bits per heavy atom. The van der Waals surface area contributed by atoms with E-state index in [1.165, 1.54) is 0 Å². The zero-order valence-corrected chi connectivity index (χ0v) is 12.1. The summed E-state index contributed by atoms with van der Waals surface area (Å²) >= 11 is 2.26. The molecule has 90 valence electrons. The summed E-state index contributed by atoms with van der Waals surface area (Å²) in [5.41, 5.74) is 14.1. The van der Waals surface area contributed by atoms with Crippen molar-refractivity contribution >= 4 is 46.8 Å². The molecule has 0 atom stereocenters. The molecule has 17 heavy (non-hydrogen) atoms. The molecule has 2 rings (SSSR count). The summed E-state index contributed by atoms with van der Waals surface area (Å²) in [7, 11) is 0. The minimum atomic E-state index is 0. The predicted molar refractivity (Wildman–Crippen MR) is 81.0 cm³/mol. The first-order chi connectivity index (χ1) is 7.58. The number of hydrogen-bond acceptors (Lipinski definition) is 4. The molecule has 0 radical (unpaired) electrons. The zero-order chi connectivity index (χ0) is 11.7. The third-order valence-electron chi connectivity index (χ3n) is 2.25. The predicted octanol–water partition coefficient (Wildman–Crippen LogP) is 2.64. The van der Waals surface area contributed by atoms with Crippen LogP contribution in [0, 0.1) is 10.5 Å². The first kappa shape index (κ1) is 14.0. The van der Waals surface area contributed by atoms with Gasteiger partial charge in [-0.15, -0.1) is 12.4 Å². The fourth-order valence-electron chi connectivity index (χ4n) is 1.62. The molecule has 1 aromatic carbocycles. The van der Waals surface area contributed by atoms with E-state index in [4.69, 9.17) is 11.5 Å². The van der Waals surface area contributed by atoms with Gasteiger partial charge in [-0.05, 0) is 47.2 Å². The van der Waals surface area contributed by atoms with E-state index in [1.807, 2.05) is 31.2 Å². The van der Waals surface area contributed by atoms with E-state index >= 15 is 0 Å². The van der Waals surface area contributed by atoms with E-state index in [-0.39, 0.29) is 18.4 Å². The first-order valence-corrected chi connectivity index (χ1v) is 5.81. The maximum atomic E-state index is 5.87. The van der Waals surface area contributed by atoms with Crippen LogP contribution in [0.15, 0.2) is 24.3 Å². The average molecular weight is 363 g/mol. The molecule has 1 heterocycles. The van der Waals surface area contributed by atoms with Crippen LogP contribution in [0.5, 0.6) is 0 Å². The van der Waals surface area contributed by atoms with Crippen molar-refractivity contribution < 1.29 is 0 Å². The van der Waals surface area contributed by atoms with Crippen LogP contribution < -0.4 is 11.5 Å². The third kappa shape index (κ3) is 2.98. The van der Waals surface area contributed by atoms with E-state index < -0.39 is 0 Å². The second-order valence-corrected chi connectivity index (χ2v) is 4.68. The molecule has 4 N–H and O–H groups in total. The lowest BCUT2D eigenvalue weighted by Gasteiger charge is -2.09. The summed E-state index contributed by atoms with van der Waals surface area (Å²) < 4.78 is 1.14. The molecule has 0 unspecified atom stereocenters. The Morgan fingerprint density at radius 2 is 1.88 bits per heavy atom. The molecule has 6 heteroatoms. The third-order valence-corrected chi connectivity index (χ3v) is 2.92. The summed E-state index contributed by atoms with van der Waals surface area (Å²) in [6, 6.07) is 8.03. The molecule has 2 aromatic rings. The van der Waals surface area contributed by atoms with Crippen molar-refractivity contribution in [1.29, 1.82) is 0 Å². The van der Waals surface area contributed by atoms with Crippen LogP contribution in [-0.2, 0) is 0 Å². The number of aryl methyl sites for hydroxylation is 1. The Balaban J connectivity index is 0.00000144. The maximum Gasteiger partial charge on any atom is 0.222 e. The van der Waals surface area contributed by atoms with Crippen LogP contribution in [-0.4, -0.2) is 9.97 Å². The van der Waals surface area contributed by atoms with Gasteiger partial charge >= 0.3 is 0 Å². The van der Waals surface area contributed by atoms with Crippen molar-refractivity contribution in [2.75, 3.05) is 11.5 Å². The Labute approximate surface area is 119 Å². The number of nitrogen functional groups attached to an aromatic ring is 2. The number of aromatic nitrogens is 2. The molecule has 0 aliphatic carbocycles. The van der Waals surface area contributed by atoms with Gasteiger partial charge < -0.3 is 11.5 Å². The van der Waals surface area contributed by atoms with Crippen molar-refractivity contribution in [2.24, 2.45) is 0 Å². The molecule has 0 saturated heterocycles. The second-order valence-electron chi connectivity index (χ2n) is 3.44. The van der Waals surface area contributed by atoms with Crippen molar-refractivity contribution in [3.05, 3.63) is 33.5 Å². The highest BCUT2D eigenvalue weighted by Gasteiger charge is 2.10. The van der Waals surface area contributed by atoms with Gasteiger partial charge in [0, 0.05) is 9.13 Å². The van der Waals surface area contributed by atoms with Crippen molar-refractivity contribution in [3.63, 3.8) is 0 Å². The van der Waals surface area contributed by atoms with Crippen LogP contribution in [0.4, 0.5) is 11.8 Å². The molecule has 0 saturated carbocycles. The van der Waals surface area contributed by atoms with E-state index in [0.717, 1.165) is 20.4 Å². The fourth-order valence-corrected chi connectivity index (χ4v) is 2.16. The number of hydrogen-bond donors (Lipinski definition) is 2. The van der Waals surface area contributed by atoms with Crippen LogP contribution in [0.1, 0.15) is 5.69 Å². The van der Waals surface area contributed by atoms with Gasteiger partial charge in [0.15, 0.2) is 0 Å². The fraction of sp³-hybridized carbons (Fsp3) is 0.0909. The summed E-state index contributed by atoms with van der Waals surface area (Å²) in [6.45, 7) is 1.88. The van der Waals surface area contributed by atoms with Gasteiger partial charge in [-0.25, -0.2) is 4.98 Å². The van der Waals surface area contributed by atoms with Gasteiger partial charge in [0.05, 0.1) is 5.69 Å². The molecule has 0 amide bonds. The van der Waals surface area contributed by atoms with Gasteiger partial charge in [0.2, 0.25) is 5.95 Å². The van der Waals surface area contributed by atoms with Crippen molar-refractivity contribution in [2.45, 2.75) is 6.92 Å². The number of nitrogens with two attached hydrogens (primary N) is 2. The second kappa shape index (κ2) is 5.50. The average Bonchev–Trinajstić information content (AvgIpc) is 2.15. The lowest BCUT2D eigenvalue weighted by molar-refractivity contribution is 1.13. The van der Waals surface area contributed by atoms with Crippen LogP contribution in [0.3, 0.4) is 0 Å². The summed E-state index contributed by atoms with van der Waals surface area (Å²) in [5.74, 6) is 0.636. The monoisotopic (exact) mass is 362 g/mol. The SMILES string of the molecule is Cc1nc(N)nc(N)c1-c1cccc(I)c1.Cl. The van der Waals surface area contributed by atoms with Gasteiger partial charge in [-0.2, -0.15) is 4.98 Å². The molecule has 0 aliphatic heterocycles. The molecule has 0 bridgehead atoms.